The van der Waals surface area contributed by atoms with E-state index < -0.39 is 10.0 Å². The Kier molecular flexibility index (Phi) is 4.81. The van der Waals surface area contributed by atoms with E-state index >= 15 is 0 Å². The van der Waals surface area contributed by atoms with Gasteiger partial charge in [0.25, 0.3) is 0 Å². The zero-order chi connectivity index (χ0) is 19.8. The summed E-state index contributed by atoms with van der Waals surface area (Å²) in [6.45, 7) is 4.11. The number of methoxy groups -OCH3 is 1. The minimum atomic E-state index is -3.36. The lowest BCUT2D eigenvalue weighted by atomic mass is 10.1. The first-order valence-corrected chi connectivity index (χ1v) is 10.2. The maximum absolute atomic E-state index is 11.5. The van der Waals surface area contributed by atoms with Gasteiger partial charge in [-0.3, -0.25) is 4.72 Å². The van der Waals surface area contributed by atoms with Gasteiger partial charge in [0.2, 0.25) is 10.0 Å². The van der Waals surface area contributed by atoms with Gasteiger partial charge in [-0.05, 0) is 32.0 Å². The molecule has 0 amide bonds. The second kappa shape index (κ2) is 6.93. The van der Waals surface area contributed by atoms with Crippen molar-refractivity contribution in [3.05, 3.63) is 42.4 Å². The summed E-state index contributed by atoms with van der Waals surface area (Å²) >= 11 is 0. The molecule has 1 aromatic carbocycles. The number of nitriles is 1. The van der Waals surface area contributed by atoms with Crippen LogP contribution in [0.25, 0.3) is 22.0 Å². The van der Waals surface area contributed by atoms with Gasteiger partial charge in [0.1, 0.15) is 6.07 Å². The number of anilines is 1. The van der Waals surface area contributed by atoms with Gasteiger partial charge < -0.3 is 9.30 Å². The molecular formula is C19H20N4O3S. The van der Waals surface area contributed by atoms with E-state index in [-0.39, 0.29) is 11.7 Å². The van der Waals surface area contributed by atoms with E-state index in [0.717, 1.165) is 28.3 Å². The Bertz CT molecular complexity index is 1160. The van der Waals surface area contributed by atoms with Gasteiger partial charge in [0, 0.05) is 34.9 Å². The van der Waals surface area contributed by atoms with E-state index in [9.17, 15) is 8.42 Å². The highest BCUT2D eigenvalue weighted by atomic mass is 32.2. The molecule has 140 valence electrons. The summed E-state index contributed by atoms with van der Waals surface area (Å²) in [5.41, 5.74) is 3.39. The summed E-state index contributed by atoms with van der Waals surface area (Å²) in [6.07, 6.45) is 4.77. The highest BCUT2D eigenvalue weighted by molar-refractivity contribution is 7.92. The number of aromatic nitrogens is 2. The Labute approximate surface area is 158 Å². The molecule has 3 aromatic rings. The van der Waals surface area contributed by atoms with Crippen LogP contribution in [-0.4, -0.2) is 31.3 Å². The lowest BCUT2D eigenvalue weighted by Gasteiger charge is -2.10. The number of hydrogen-bond acceptors (Lipinski definition) is 5. The molecule has 0 atom stereocenters. The first-order valence-electron chi connectivity index (χ1n) is 8.30. The van der Waals surface area contributed by atoms with Crippen LogP contribution in [0.5, 0.6) is 5.75 Å². The quantitative estimate of drug-likeness (QED) is 0.726. The lowest BCUT2D eigenvalue weighted by Crippen LogP contribution is -2.09. The molecule has 8 heteroatoms. The van der Waals surface area contributed by atoms with Gasteiger partial charge in [-0.1, -0.05) is 6.07 Å². The van der Waals surface area contributed by atoms with Crippen LogP contribution in [0.3, 0.4) is 0 Å². The van der Waals surface area contributed by atoms with Crippen LogP contribution < -0.4 is 9.46 Å². The average molecular weight is 384 g/mol. The molecule has 0 unspecified atom stereocenters. The summed E-state index contributed by atoms with van der Waals surface area (Å²) < 4.78 is 32.9. The number of fused-ring (bicyclic) bond motifs is 1. The number of nitrogens with zero attached hydrogens (tertiary/aromatic N) is 3. The predicted octanol–water partition coefficient (Wildman–Crippen LogP) is 3.54. The minimum absolute atomic E-state index is 0.169. The van der Waals surface area contributed by atoms with E-state index in [2.05, 4.69) is 28.1 Å². The fraction of sp³-hybridized carbons (Fsp3) is 0.263. The normalized spacial score (nSPS) is 11.6. The number of benzene rings is 1. The summed E-state index contributed by atoms with van der Waals surface area (Å²) in [5, 5.41) is 10.1. The third-order valence-electron chi connectivity index (χ3n) is 4.18. The van der Waals surface area contributed by atoms with Gasteiger partial charge in [0.05, 0.1) is 24.6 Å². The number of ether oxygens (including phenoxy) is 1. The van der Waals surface area contributed by atoms with Crippen molar-refractivity contribution in [2.24, 2.45) is 0 Å². The van der Waals surface area contributed by atoms with Crippen LogP contribution >= 0.6 is 0 Å². The van der Waals surface area contributed by atoms with E-state index in [1.54, 1.807) is 18.3 Å². The predicted molar refractivity (Wildman–Crippen MR) is 105 cm³/mol. The summed E-state index contributed by atoms with van der Waals surface area (Å²) in [5.74, 6) is 0.413. The molecule has 0 radical (unpaired) electrons. The third-order valence-corrected chi connectivity index (χ3v) is 4.79. The standard InChI is InChI=1S/C19H20N4O3S/c1-12(2)23-11-16(13-7-19(26-3)17(9-20)21-10-13)15-6-5-14(8-18(15)23)22-27(4,24)25/h5-8,10-12,22H,1-4H3. The molecule has 0 spiro atoms. The average Bonchev–Trinajstić information content (AvgIpc) is 2.98. The van der Waals surface area contributed by atoms with E-state index in [1.165, 1.54) is 7.11 Å². The van der Waals surface area contributed by atoms with Crippen molar-refractivity contribution in [3.8, 4) is 22.9 Å². The third kappa shape index (κ3) is 3.73. The Balaban J connectivity index is 2.21. The fourth-order valence-corrected chi connectivity index (χ4v) is 3.57. The van der Waals surface area contributed by atoms with Gasteiger partial charge in [0.15, 0.2) is 11.4 Å². The van der Waals surface area contributed by atoms with E-state index in [0.29, 0.717) is 11.4 Å². The van der Waals surface area contributed by atoms with Crippen molar-refractivity contribution in [3.63, 3.8) is 0 Å². The molecule has 7 nitrogen and oxygen atoms in total. The lowest BCUT2D eigenvalue weighted by molar-refractivity contribution is 0.411. The molecule has 2 heterocycles. The minimum Gasteiger partial charge on any atom is -0.494 e. The SMILES string of the molecule is COc1cc(-c2cn(C(C)C)c3cc(NS(C)(=O)=O)ccc23)cnc1C#N. The molecule has 0 bridgehead atoms. The van der Waals surface area contributed by atoms with Crippen molar-refractivity contribution in [1.82, 2.24) is 9.55 Å². The van der Waals surface area contributed by atoms with Gasteiger partial charge in [-0.2, -0.15) is 5.26 Å². The molecule has 0 fully saturated rings. The number of pyridine rings is 1. The van der Waals surface area contributed by atoms with Crippen molar-refractivity contribution >= 4 is 26.6 Å². The summed E-state index contributed by atoms with van der Waals surface area (Å²) in [7, 11) is -1.86. The molecule has 0 aliphatic heterocycles. The molecule has 3 rings (SSSR count). The van der Waals surface area contributed by atoms with Crippen molar-refractivity contribution in [2.75, 3.05) is 18.1 Å². The highest BCUT2D eigenvalue weighted by Gasteiger charge is 2.16. The largest absolute Gasteiger partial charge is 0.494 e. The maximum atomic E-state index is 11.5. The van der Waals surface area contributed by atoms with Crippen LogP contribution in [0.4, 0.5) is 5.69 Å². The van der Waals surface area contributed by atoms with Crippen molar-refractivity contribution in [1.29, 1.82) is 5.26 Å². The first-order chi connectivity index (χ1) is 12.7. The van der Waals surface area contributed by atoms with Crippen LogP contribution in [0.2, 0.25) is 0 Å². The zero-order valence-corrected chi connectivity index (χ0v) is 16.3. The second-order valence-electron chi connectivity index (χ2n) is 6.54. The second-order valence-corrected chi connectivity index (χ2v) is 8.29. The number of sulfonamides is 1. The molecule has 27 heavy (non-hydrogen) atoms. The van der Waals surface area contributed by atoms with Crippen LogP contribution in [0.1, 0.15) is 25.6 Å². The smallest absolute Gasteiger partial charge is 0.229 e. The van der Waals surface area contributed by atoms with Crippen LogP contribution in [0, 0.1) is 11.3 Å². The first kappa shape index (κ1) is 18.7. The number of rotatable bonds is 5. The van der Waals surface area contributed by atoms with Gasteiger partial charge in [-0.15, -0.1) is 0 Å². The van der Waals surface area contributed by atoms with E-state index in [1.807, 2.05) is 24.4 Å². The Morgan fingerprint density at radius 3 is 2.63 bits per heavy atom. The molecule has 2 aromatic heterocycles. The summed E-state index contributed by atoms with van der Waals surface area (Å²) in [6, 6.07) is 9.38. The van der Waals surface area contributed by atoms with Crippen LogP contribution in [-0.2, 0) is 10.0 Å². The maximum Gasteiger partial charge on any atom is 0.229 e. The van der Waals surface area contributed by atoms with Crippen molar-refractivity contribution < 1.29 is 13.2 Å². The zero-order valence-electron chi connectivity index (χ0n) is 15.5. The number of hydrogen-bond donors (Lipinski definition) is 1. The Morgan fingerprint density at radius 1 is 1.30 bits per heavy atom. The highest BCUT2D eigenvalue weighted by Crippen LogP contribution is 2.35. The fourth-order valence-electron chi connectivity index (χ4n) is 3.02. The number of nitrogens with one attached hydrogen (secondary N) is 1. The molecular weight excluding hydrogens is 364 g/mol. The molecule has 0 saturated heterocycles. The van der Waals surface area contributed by atoms with Gasteiger partial charge in [-0.25, -0.2) is 13.4 Å². The molecule has 0 aliphatic carbocycles. The monoisotopic (exact) mass is 384 g/mol. The Hall–Kier alpha value is -3.05. The van der Waals surface area contributed by atoms with E-state index in [4.69, 9.17) is 10.00 Å². The summed E-state index contributed by atoms with van der Waals surface area (Å²) in [4.78, 5) is 4.18. The topological polar surface area (TPSA) is 97.0 Å². The molecule has 0 saturated carbocycles. The molecule has 1 N–H and O–H groups in total. The van der Waals surface area contributed by atoms with Gasteiger partial charge >= 0.3 is 0 Å². The van der Waals surface area contributed by atoms with Crippen LogP contribution in [0.15, 0.2) is 36.7 Å². The Morgan fingerprint density at radius 2 is 2.04 bits per heavy atom. The van der Waals surface area contributed by atoms with Crippen molar-refractivity contribution in [2.45, 2.75) is 19.9 Å². The molecule has 0 aliphatic rings.